The summed E-state index contributed by atoms with van der Waals surface area (Å²) in [6, 6.07) is 2.14. The molecular formula is C10H12BrClOS. The van der Waals surface area contributed by atoms with Crippen LogP contribution in [-0.4, -0.2) is 18.1 Å². The van der Waals surface area contributed by atoms with Crippen molar-refractivity contribution in [2.45, 2.75) is 24.9 Å². The summed E-state index contributed by atoms with van der Waals surface area (Å²) in [5, 5.41) is 2.09. The summed E-state index contributed by atoms with van der Waals surface area (Å²) in [6.07, 6.45) is 3.15. The molecule has 1 nitrogen and oxygen atoms in total. The largest absolute Gasteiger partial charge is 0.373 e. The zero-order valence-corrected chi connectivity index (χ0v) is 10.9. The lowest BCUT2D eigenvalue weighted by molar-refractivity contribution is 0.0237. The van der Waals surface area contributed by atoms with Crippen LogP contribution in [0.4, 0.5) is 0 Å². The molecule has 0 N–H and O–H groups in total. The number of hydrogen-bond donors (Lipinski definition) is 0. The van der Waals surface area contributed by atoms with Gasteiger partial charge in [-0.3, -0.25) is 0 Å². The van der Waals surface area contributed by atoms with Gasteiger partial charge in [0.05, 0.1) is 15.3 Å². The number of halogens is 2. The highest BCUT2D eigenvalue weighted by molar-refractivity contribution is 9.11. The molecule has 4 heteroatoms. The first-order chi connectivity index (χ1) is 6.76. The topological polar surface area (TPSA) is 9.23 Å². The van der Waals surface area contributed by atoms with Crippen molar-refractivity contribution in [3.63, 3.8) is 0 Å². The van der Waals surface area contributed by atoms with Crippen molar-refractivity contribution in [2.24, 2.45) is 0 Å². The van der Waals surface area contributed by atoms with Gasteiger partial charge in [-0.05, 0) is 45.8 Å². The minimum absolute atomic E-state index is 0.106. The number of ether oxygens (including phenoxy) is 1. The van der Waals surface area contributed by atoms with Gasteiger partial charge in [-0.2, -0.15) is 0 Å². The summed E-state index contributed by atoms with van der Waals surface area (Å²) < 4.78 is 6.98. The second kappa shape index (κ2) is 4.52. The van der Waals surface area contributed by atoms with Gasteiger partial charge in [0.25, 0.3) is 0 Å². The van der Waals surface area contributed by atoms with Gasteiger partial charge >= 0.3 is 0 Å². The number of alkyl halides is 1. The lowest BCUT2D eigenvalue weighted by Gasteiger charge is -2.25. The lowest BCUT2D eigenvalue weighted by Crippen LogP contribution is -2.32. The Labute approximate surface area is 102 Å². The molecule has 14 heavy (non-hydrogen) atoms. The highest BCUT2D eigenvalue weighted by Crippen LogP contribution is 2.34. The fourth-order valence-electron chi connectivity index (χ4n) is 1.84. The third-order valence-corrected chi connectivity index (χ3v) is 4.93. The molecule has 0 saturated carbocycles. The Bertz CT molecular complexity index is 307. The SMILES string of the molecule is ClCC1(Cc2ccsc2Br)CCCO1. The average Bonchev–Trinajstić information content (AvgIpc) is 2.79. The van der Waals surface area contributed by atoms with Crippen LogP contribution in [0.3, 0.4) is 0 Å². The molecule has 1 aliphatic rings. The molecule has 1 saturated heterocycles. The van der Waals surface area contributed by atoms with Crippen molar-refractivity contribution in [1.82, 2.24) is 0 Å². The average molecular weight is 296 g/mol. The monoisotopic (exact) mass is 294 g/mol. The third kappa shape index (κ3) is 2.16. The normalized spacial score (nSPS) is 27.0. The van der Waals surface area contributed by atoms with Gasteiger partial charge in [-0.25, -0.2) is 0 Å². The van der Waals surface area contributed by atoms with Crippen LogP contribution in [0.1, 0.15) is 18.4 Å². The number of rotatable bonds is 3. The fourth-order valence-corrected chi connectivity index (χ4v) is 3.38. The molecular weight excluding hydrogens is 284 g/mol. The Morgan fingerprint density at radius 3 is 3.00 bits per heavy atom. The molecule has 2 heterocycles. The summed E-state index contributed by atoms with van der Waals surface area (Å²) in [5.41, 5.74) is 1.21. The van der Waals surface area contributed by atoms with Crippen molar-refractivity contribution < 1.29 is 4.74 Å². The summed E-state index contributed by atoms with van der Waals surface area (Å²) in [6.45, 7) is 0.856. The van der Waals surface area contributed by atoms with Crippen LogP contribution in [0.5, 0.6) is 0 Å². The first-order valence-corrected chi connectivity index (χ1v) is 6.88. The van der Waals surface area contributed by atoms with Crippen molar-refractivity contribution in [3.8, 4) is 0 Å². The highest BCUT2D eigenvalue weighted by atomic mass is 79.9. The van der Waals surface area contributed by atoms with Crippen LogP contribution in [0, 0.1) is 0 Å². The van der Waals surface area contributed by atoms with E-state index in [4.69, 9.17) is 16.3 Å². The quantitative estimate of drug-likeness (QED) is 0.770. The minimum atomic E-state index is -0.106. The van der Waals surface area contributed by atoms with E-state index in [2.05, 4.69) is 27.4 Å². The molecule has 0 aliphatic carbocycles. The first kappa shape index (κ1) is 10.9. The Balaban J connectivity index is 2.12. The molecule has 0 amide bonds. The lowest BCUT2D eigenvalue weighted by atomic mass is 9.95. The summed E-state index contributed by atoms with van der Waals surface area (Å²) in [4.78, 5) is 0. The zero-order valence-electron chi connectivity index (χ0n) is 7.76. The van der Waals surface area contributed by atoms with Crippen molar-refractivity contribution >= 4 is 38.9 Å². The van der Waals surface area contributed by atoms with E-state index in [1.807, 2.05) is 0 Å². The minimum Gasteiger partial charge on any atom is -0.373 e. The van der Waals surface area contributed by atoms with Crippen LogP contribution in [0.2, 0.25) is 0 Å². The van der Waals surface area contributed by atoms with Crippen molar-refractivity contribution in [3.05, 3.63) is 20.8 Å². The highest BCUT2D eigenvalue weighted by Gasteiger charge is 2.35. The predicted octanol–water partition coefficient (Wildman–Crippen LogP) is 3.84. The second-order valence-electron chi connectivity index (χ2n) is 3.66. The molecule has 1 aliphatic heterocycles. The Morgan fingerprint density at radius 2 is 2.50 bits per heavy atom. The Kier molecular flexibility index (Phi) is 3.53. The maximum atomic E-state index is 6.00. The number of hydrogen-bond acceptors (Lipinski definition) is 2. The summed E-state index contributed by atoms with van der Waals surface area (Å²) in [7, 11) is 0. The van der Waals surface area contributed by atoms with Gasteiger partial charge in [-0.15, -0.1) is 22.9 Å². The first-order valence-electron chi connectivity index (χ1n) is 4.68. The second-order valence-corrected chi connectivity index (χ2v) is 6.17. The maximum Gasteiger partial charge on any atom is 0.0858 e. The zero-order chi connectivity index (χ0) is 10.0. The Morgan fingerprint density at radius 1 is 1.64 bits per heavy atom. The van der Waals surface area contributed by atoms with Crippen LogP contribution < -0.4 is 0 Å². The van der Waals surface area contributed by atoms with E-state index in [1.165, 1.54) is 9.35 Å². The van der Waals surface area contributed by atoms with Crippen molar-refractivity contribution in [2.75, 3.05) is 12.5 Å². The van der Waals surface area contributed by atoms with E-state index in [9.17, 15) is 0 Å². The van der Waals surface area contributed by atoms with E-state index in [0.29, 0.717) is 5.88 Å². The van der Waals surface area contributed by atoms with E-state index in [0.717, 1.165) is 25.9 Å². The predicted molar refractivity (Wildman–Crippen MR) is 64.4 cm³/mol. The summed E-state index contributed by atoms with van der Waals surface area (Å²) in [5.74, 6) is 0.593. The van der Waals surface area contributed by atoms with E-state index in [1.54, 1.807) is 11.3 Å². The molecule has 1 aromatic rings. The van der Waals surface area contributed by atoms with Gasteiger partial charge in [0.1, 0.15) is 0 Å². The van der Waals surface area contributed by atoms with E-state index < -0.39 is 0 Å². The third-order valence-electron chi connectivity index (χ3n) is 2.63. The molecule has 1 aromatic heterocycles. The van der Waals surface area contributed by atoms with Crippen LogP contribution >= 0.6 is 38.9 Å². The van der Waals surface area contributed by atoms with Gasteiger partial charge in [0.2, 0.25) is 0 Å². The van der Waals surface area contributed by atoms with Crippen LogP contribution in [-0.2, 0) is 11.2 Å². The van der Waals surface area contributed by atoms with Crippen molar-refractivity contribution in [1.29, 1.82) is 0 Å². The summed E-state index contributed by atoms with van der Waals surface area (Å²) >= 11 is 11.3. The Hall–Kier alpha value is 0.430. The number of thiophene rings is 1. The maximum absolute atomic E-state index is 6.00. The smallest absolute Gasteiger partial charge is 0.0858 e. The van der Waals surface area contributed by atoms with Crippen LogP contribution in [0.25, 0.3) is 0 Å². The molecule has 1 fully saturated rings. The molecule has 2 rings (SSSR count). The van der Waals surface area contributed by atoms with E-state index >= 15 is 0 Å². The molecule has 0 aromatic carbocycles. The van der Waals surface area contributed by atoms with Gasteiger partial charge in [-0.1, -0.05) is 0 Å². The van der Waals surface area contributed by atoms with Crippen LogP contribution in [0.15, 0.2) is 15.2 Å². The van der Waals surface area contributed by atoms with Gasteiger partial charge in [0, 0.05) is 13.0 Å². The molecule has 1 atom stereocenters. The standard InChI is InChI=1S/C10H12BrClOS/c11-9-8(2-5-14-9)6-10(7-12)3-1-4-13-10/h2,5H,1,3-4,6-7H2. The van der Waals surface area contributed by atoms with E-state index in [-0.39, 0.29) is 5.60 Å². The molecule has 1 unspecified atom stereocenters. The molecule has 0 bridgehead atoms. The van der Waals surface area contributed by atoms with Gasteiger partial charge < -0.3 is 4.74 Å². The molecule has 0 radical (unpaired) electrons. The molecule has 0 spiro atoms. The van der Waals surface area contributed by atoms with Gasteiger partial charge in [0.15, 0.2) is 0 Å². The fraction of sp³-hybridized carbons (Fsp3) is 0.600. The molecule has 78 valence electrons.